The summed E-state index contributed by atoms with van der Waals surface area (Å²) in [6.07, 6.45) is 0.110. The average Bonchev–Trinajstić information content (AvgIpc) is 2.20. The molecule has 0 radical (unpaired) electrons. The van der Waals surface area contributed by atoms with E-state index >= 15 is 0 Å². The molecule has 4 nitrogen and oxygen atoms in total. The third-order valence-electron chi connectivity index (χ3n) is 2.01. The second-order valence-electron chi connectivity index (χ2n) is 3.11. The molecule has 0 bridgehead atoms. The summed E-state index contributed by atoms with van der Waals surface area (Å²) < 4.78 is 17.7. The second kappa shape index (κ2) is 4.75. The van der Waals surface area contributed by atoms with Crippen molar-refractivity contribution in [3.05, 3.63) is 29.6 Å². The molecule has 0 unspecified atom stereocenters. The molecule has 0 aliphatic rings. The van der Waals surface area contributed by atoms with Gasteiger partial charge in [-0.1, -0.05) is 6.07 Å². The van der Waals surface area contributed by atoms with Crippen LogP contribution in [0.1, 0.15) is 5.56 Å². The number of hydrogen-bond donors (Lipinski definition) is 2. The van der Waals surface area contributed by atoms with Gasteiger partial charge in [0.05, 0.1) is 7.11 Å². The van der Waals surface area contributed by atoms with Gasteiger partial charge in [0.2, 0.25) is 0 Å². The minimum absolute atomic E-state index is 0.110. The van der Waals surface area contributed by atoms with Crippen LogP contribution in [0.3, 0.4) is 0 Å². The van der Waals surface area contributed by atoms with E-state index in [9.17, 15) is 9.18 Å². The zero-order valence-electron chi connectivity index (χ0n) is 8.24. The molecule has 82 valence electrons. The Morgan fingerprint density at radius 1 is 1.67 bits per heavy atom. The van der Waals surface area contributed by atoms with Crippen LogP contribution in [0.2, 0.25) is 0 Å². The first-order valence-electron chi connectivity index (χ1n) is 4.35. The van der Waals surface area contributed by atoms with Crippen LogP contribution < -0.4 is 10.5 Å². The van der Waals surface area contributed by atoms with Crippen molar-refractivity contribution in [3.8, 4) is 5.75 Å². The fourth-order valence-electron chi connectivity index (χ4n) is 1.21. The highest BCUT2D eigenvalue weighted by molar-refractivity contribution is 5.73. The standard InChI is InChI=1S/C10H12FNO3/c1-15-9-5-7(11)3-2-6(9)4-8(12)10(13)14/h2-3,5,8H,4,12H2,1H3,(H,13,14)/t8-/m0/s1. The third-order valence-corrected chi connectivity index (χ3v) is 2.01. The van der Waals surface area contributed by atoms with E-state index in [0.717, 1.165) is 0 Å². The number of benzene rings is 1. The Morgan fingerprint density at radius 3 is 2.87 bits per heavy atom. The Balaban J connectivity index is 2.89. The van der Waals surface area contributed by atoms with Crippen LogP contribution in [-0.2, 0) is 11.2 Å². The molecule has 1 aromatic rings. The van der Waals surface area contributed by atoms with Gasteiger partial charge in [-0.15, -0.1) is 0 Å². The van der Waals surface area contributed by atoms with E-state index in [4.69, 9.17) is 15.6 Å². The third kappa shape index (κ3) is 2.92. The number of nitrogens with two attached hydrogens (primary N) is 1. The normalized spacial score (nSPS) is 12.2. The quantitative estimate of drug-likeness (QED) is 0.775. The fraction of sp³-hybridized carbons (Fsp3) is 0.300. The van der Waals surface area contributed by atoms with Gasteiger partial charge in [-0.3, -0.25) is 4.79 Å². The summed E-state index contributed by atoms with van der Waals surface area (Å²) in [5.74, 6) is -1.22. The number of hydrogen-bond acceptors (Lipinski definition) is 3. The van der Waals surface area contributed by atoms with Crippen LogP contribution in [-0.4, -0.2) is 24.2 Å². The van der Waals surface area contributed by atoms with E-state index in [1.165, 1.54) is 25.3 Å². The first kappa shape index (κ1) is 11.5. The number of carbonyl (C=O) groups is 1. The molecular formula is C10H12FNO3. The minimum Gasteiger partial charge on any atom is -0.496 e. The van der Waals surface area contributed by atoms with E-state index < -0.39 is 17.8 Å². The first-order chi connectivity index (χ1) is 7.04. The predicted molar refractivity (Wildman–Crippen MR) is 52.3 cm³/mol. The van der Waals surface area contributed by atoms with Crippen molar-refractivity contribution in [1.82, 2.24) is 0 Å². The molecule has 3 N–H and O–H groups in total. The molecule has 0 spiro atoms. The SMILES string of the molecule is COc1cc(F)ccc1C[C@H](N)C(=O)O. The van der Waals surface area contributed by atoms with Crippen molar-refractivity contribution < 1.29 is 19.0 Å². The van der Waals surface area contributed by atoms with E-state index in [0.29, 0.717) is 11.3 Å². The van der Waals surface area contributed by atoms with Gasteiger partial charge in [-0.25, -0.2) is 4.39 Å². The van der Waals surface area contributed by atoms with Gasteiger partial charge in [0.25, 0.3) is 0 Å². The van der Waals surface area contributed by atoms with Crippen LogP contribution in [0.4, 0.5) is 4.39 Å². The summed E-state index contributed by atoms with van der Waals surface area (Å²) in [5.41, 5.74) is 5.94. The van der Waals surface area contributed by atoms with Crippen molar-refractivity contribution in [2.45, 2.75) is 12.5 Å². The number of ether oxygens (including phenoxy) is 1. The maximum Gasteiger partial charge on any atom is 0.320 e. The molecule has 1 aromatic carbocycles. The molecule has 5 heteroatoms. The molecular weight excluding hydrogens is 201 g/mol. The maximum atomic E-state index is 12.8. The Hall–Kier alpha value is -1.62. The van der Waals surface area contributed by atoms with Crippen molar-refractivity contribution in [1.29, 1.82) is 0 Å². The molecule has 0 aliphatic carbocycles. The number of rotatable bonds is 4. The monoisotopic (exact) mass is 213 g/mol. The maximum absolute atomic E-state index is 12.8. The number of carboxylic acid groups (broad SMARTS) is 1. The van der Waals surface area contributed by atoms with Crippen LogP contribution in [0.15, 0.2) is 18.2 Å². The van der Waals surface area contributed by atoms with E-state index in [1.54, 1.807) is 0 Å². The number of methoxy groups -OCH3 is 1. The van der Waals surface area contributed by atoms with Crippen LogP contribution >= 0.6 is 0 Å². The molecule has 1 atom stereocenters. The van der Waals surface area contributed by atoms with Gasteiger partial charge in [-0.2, -0.15) is 0 Å². The summed E-state index contributed by atoms with van der Waals surface area (Å²) in [6.45, 7) is 0. The number of carboxylic acids is 1. The molecule has 0 amide bonds. The Bertz CT molecular complexity index is 368. The highest BCUT2D eigenvalue weighted by Gasteiger charge is 2.15. The van der Waals surface area contributed by atoms with Crippen molar-refractivity contribution in [2.24, 2.45) is 5.73 Å². The molecule has 15 heavy (non-hydrogen) atoms. The summed E-state index contributed by atoms with van der Waals surface area (Å²) >= 11 is 0. The lowest BCUT2D eigenvalue weighted by atomic mass is 10.1. The smallest absolute Gasteiger partial charge is 0.320 e. The summed E-state index contributed by atoms with van der Waals surface area (Å²) in [6, 6.07) is 2.90. The van der Waals surface area contributed by atoms with Gasteiger partial charge in [0.15, 0.2) is 0 Å². The molecule has 0 fully saturated rings. The molecule has 0 heterocycles. The molecule has 0 aromatic heterocycles. The van der Waals surface area contributed by atoms with E-state index in [2.05, 4.69) is 0 Å². The highest BCUT2D eigenvalue weighted by Crippen LogP contribution is 2.20. The van der Waals surface area contributed by atoms with Crippen LogP contribution in [0, 0.1) is 5.82 Å². The summed E-state index contributed by atoms with van der Waals surface area (Å²) in [7, 11) is 1.39. The van der Waals surface area contributed by atoms with Gasteiger partial charge in [0.1, 0.15) is 17.6 Å². The molecule has 0 aliphatic heterocycles. The van der Waals surface area contributed by atoms with Gasteiger partial charge < -0.3 is 15.6 Å². The summed E-state index contributed by atoms with van der Waals surface area (Å²) in [5, 5.41) is 8.62. The van der Waals surface area contributed by atoms with E-state index in [-0.39, 0.29) is 6.42 Å². The Morgan fingerprint density at radius 2 is 2.33 bits per heavy atom. The lowest BCUT2D eigenvalue weighted by Crippen LogP contribution is -2.32. The Labute approximate surface area is 86.5 Å². The van der Waals surface area contributed by atoms with Crippen LogP contribution in [0.25, 0.3) is 0 Å². The zero-order chi connectivity index (χ0) is 11.4. The van der Waals surface area contributed by atoms with Gasteiger partial charge >= 0.3 is 5.97 Å². The minimum atomic E-state index is -1.10. The van der Waals surface area contributed by atoms with Crippen molar-refractivity contribution in [3.63, 3.8) is 0 Å². The number of halogens is 1. The van der Waals surface area contributed by atoms with Gasteiger partial charge in [0, 0.05) is 12.5 Å². The topological polar surface area (TPSA) is 72.5 Å². The van der Waals surface area contributed by atoms with Crippen molar-refractivity contribution in [2.75, 3.05) is 7.11 Å². The average molecular weight is 213 g/mol. The van der Waals surface area contributed by atoms with Crippen LogP contribution in [0.5, 0.6) is 5.75 Å². The summed E-state index contributed by atoms with van der Waals surface area (Å²) in [4.78, 5) is 10.5. The first-order valence-corrected chi connectivity index (χ1v) is 4.35. The predicted octanol–water partition coefficient (Wildman–Crippen LogP) is 0.789. The van der Waals surface area contributed by atoms with E-state index in [1.807, 2.05) is 0 Å². The lowest BCUT2D eigenvalue weighted by molar-refractivity contribution is -0.138. The highest BCUT2D eigenvalue weighted by atomic mass is 19.1. The largest absolute Gasteiger partial charge is 0.496 e. The second-order valence-corrected chi connectivity index (χ2v) is 3.11. The lowest BCUT2D eigenvalue weighted by Gasteiger charge is -2.10. The van der Waals surface area contributed by atoms with Gasteiger partial charge in [-0.05, 0) is 11.6 Å². The molecule has 0 saturated carbocycles. The molecule has 1 rings (SSSR count). The van der Waals surface area contributed by atoms with Crippen molar-refractivity contribution >= 4 is 5.97 Å². The Kier molecular flexibility index (Phi) is 3.62. The fourth-order valence-corrected chi connectivity index (χ4v) is 1.21. The molecule has 0 saturated heterocycles. The zero-order valence-corrected chi connectivity index (χ0v) is 8.24. The number of aliphatic carboxylic acids is 1.